The average Bonchev–Trinajstić information content (AvgIpc) is 2.30. The fourth-order valence-electron chi connectivity index (χ4n) is 1.62. The van der Waals surface area contributed by atoms with Crippen molar-refractivity contribution in [2.24, 2.45) is 5.73 Å². The first-order valence-corrected chi connectivity index (χ1v) is 7.14. The SMILES string of the molecule is CC(C)(C)OC(=O)NC(CN)Cc1ccc(F)c(Br)c1. The van der Waals surface area contributed by atoms with Crippen molar-refractivity contribution in [1.82, 2.24) is 5.32 Å². The van der Waals surface area contributed by atoms with E-state index in [4.69, 9.17) is 10.5 Å². The molecule has 0 aliphatic rings. The molecule has 0 saturated carbocycles. The number of rotatable bonds is 4. The van der Waals surface area contributed by atoms with E-state index in [-0.39, 0.29) is 18.4 Å². The number of hydrogen-bond acceptors (Lipinski definition) is 3. The molecule has 1 atom stereocenters. The van der Waals surface area contributed by atoms with E-state index in [1.807, 2.05) is 0 Å². The predicted molar refractivity (Wildman–Crippen MR) is 80.0 cm³/mol. The molecule has 4 nitrogen and oxygen atoms in total. The normalized spacial score (nSPS) is 12.9. The molecule has 20 heavy (non-hydrogen) atoms. The zero-order chi connectivity index (χ0) is 15.3. The number of ether oxygens (including phenoxy) is 1. The van der Waals surface area contributed by atoms with Crippen LogP contribution < -0.4 is 11.1 Å². The van der Waals surface area contributed by atoms with Gasteiger partial charge in [-0.2, -0.15) is 0 Å². The van der Waals surface area contributed by atoms with Crippen molar-refractivity contribution in [2.45, 2.75) is 38.8 Å². The molecule has 0 fully saturated rings. The zero-order valence-electron chi connectivity index (χ0n) is 11.9. The van der Waals surface area contributed by atoms with Crippen LogP contribution in [0.2, 0.25) is 0 Å². The molecular formula is C14H20BrFN2O2. The van der Waals surface area contributed by atoms with E-state index in [0.29, 0.717) is 10.9 Å². The molecule has 0 radical (unpaired) electrons. The molecule has 3 N–H and O–H groups in total. The summed E-state index contributed by atoms with van der Waals surface area (Å²) in [6.07, 6.45) is 0.00312. The van der Waals surface area contributed by atoms with Crippen LogP contribution in [0.3, 0.4) is 0 Å². The van der Waals surface area contributed by atoms with Crippen molar-refractivity contribution in [1.29, 1.82) is 0 Å². The molecular weight excluding hydrogens is 327 g/mol. The van der Waals surface area contributed by atoms with Gasteiger partial charge in [-0.25, -0.2) is 9.18 Å². The van der Waals surface area contributed by atoms with Gasteiger partial charge in [0, 0.05) is 12.6 Å². The van der Waals surface area contributed by atoms with Gasteiger partial charge in [-0.3, -0.25) is 0 Å². The topological polar surface area (TPSA) is 64.3 Å². The summed E-state index contributed by atoms with van der Waals surface area (Å²) in [5, 5.41) is 2.71. The Morgan fingerprint density at radius 1 is 1.50 bits per heavy atom. The second-order valence-electron chi connectivity index (χ2n) is 5.53. The highest BCUT2D eigenvalue weighted by atomic mass is 79.9. The molecule has 0 aliphatic carbocycles. The highest BCUT2D eigenvalue weighted by molar-refractivity contribution is 9.10. The molecule has 1 aromatic rings. The van der Waals surface area contributed by atoms with Gasteiger partial charge in [-0.15, -0.1) is 0 Å². The van der Waals surface area contributed by atoms with Gasteiger partial charge in [0.25, 0.3) is 0 Å². The number of amides is 1. The second kappa shape index (κ2) is 7.04. The van der Waals surface area contributed by atoms with Crippen LogP contribution in [0.15, 0.2) is 22.7 Å². The standard InChI is InChI=1S/C14H20BrFN2O2/c1-14(2,3)20-13(19)18-10(8-17)6-9-4-5-12(16)11(15)7-9/h4-5,7,10H,6,8,17H2,1-3H3,(H,18,19). The summed E-state index contributed by atoms with van der Waals surface area (Å²) in [5.74, 6) is -0.321. The average molecular weight is 347 g/mol. The van der Waals surface area contributed by atoms with Gasteiger partial charge in [0.05, 0.1) is 4.47 Å². The van der Waals surface area contributed by atoms with Gasteiger partial charge in [0.2, 0.25) is 0 Å². The maximum atomic E-state index is 13.2. The van der Waals surface area contributed by atoms with Gasteiger partial charge in [-0.05, 0) is 60.8 Å². The summed E-state index contributed by atoms with van der Waals surface area (Å²) in [7, 11) is 0. The lowest BCUT2D eigenvalue weighted by molar-refractivity contribution is 0.0506. The quantitative estimate of drug-likeness (QED) is 0.880. The minimum Gasteiger partial charge on any atom is -0.444 e. The molecule has 112 valence electrons. The van der Waals surface area contributed by atoms with Crippen molar-refractivity contribution in [3.8, 4) is 0 Å². The first-order chi connectivity index (χ1) is 9.21. The maximum absolute atomic E-state index is 13.2. The lowest BCUT2D eigenvalue weighted by Crippen LogP contribution is -2.44. The molecule has 1 aromatic carbocycles. The van der Waals surface area contributed by atoms with Crippen LogP contribution in [-0.4, -0.2) is 24.3 Å². The molecule has 0 heterocycles. The molecule has 0 bridgehead atoms. The number of carbonyl (C=O) groups is 1. The summed E-state index contributed by atoms with van der Waals surface area (Å²) in [5.41, 5.74) is 5.97. The lowest BCUT2D eigenvalue weighted by Gasteiger charge is -2.23. The van der Waals surface area contributed by atoms with Crippen molar-refractivity contribution < 1.29 is 13.9 Å². The summed E-state index contributed by atoms with van der Waals surface area (Å²) in [6, 6.07) is 4.46. The van der Waals surface area contributed by atoms with Crippen LogP contribution in [0.25, 0.3) is 0 Å². The van der Waals surface area contributed by atoms with Crippen molar-refractivity contribution >= 4 is 22.0 Å². The van der Waals surface area contributed by atoms with Gasteiger partial charge in [0.15, 0.2) is 0 Å². The number of halogens is 2. The molecule has 1 unspecified atom stereocenters. The Kier molecular flexibility index (Phi) is 5.95. The first-order valence-electron chi connectivity index (χ1n) is 6.35. The second-order valence-corrected chi connectivity index (χ2v) is 6.39. The molecule has 0 aromatic heterocycles. The van der Waals surface area contributed by atoms with Gasteiger partial charge in [-0.1, -0.05) is 6.07 Å². The van der Waals surface area contributed by atoms with Gasteiger partial charge < -0.3 is 15.8 Å². The molecule has 1 rings (SSSR count). The highest BCUT2D eigenvalue weighted by Gasteiger charge is 2.19. The molecule has 0 spiro atoms. The maximum Gasteiger partial charge on any atom is 0.407 e. The summed E-state index contributed by atoms with van der Waals surface area (Å²) >= 11 is 3.13. The number of carbonyl (C=O) groups excluding carboxylic acids is 1. The Bertz CT molecular complexity index is 475. The van der Waals surface area contributed by atoms with Crippen molar-refractivity contribution in [3.63, 3.8) is 0 Å². The fraction of sp³-hybridized carbons (Fsp3) is 0.500. The number of nitrogens with two attached hydrogens (primary N) is 1. The number of hydrogen-bond donors (Lipinski definition) is 2. The smallest absolute Gasteiger partial charge is 0.407 e. The van der Waals surface area contributed by atoms with E-state index in [2.05, 4.69) is 21.2 Å². The van der Waals surface area contributed by atoms with Crippen LogP contribution in [0, 0.1) is 5.82 Å². The Morgan fingerprint density at radius 2 is 2.15 bits per heavy atom. The number of benzene rings is 1. The largest absolute Gasteiger partial charge is 0.444 e. The minimum absolute atomic E-state index is 0.262. The third kappa shape index (κ3) is 5.88. The lowest BCUT2D eigenvalue weighted by atomic mass is 10.1. The van der Waals surface area contributed by atoms with E-state index in [0.717, 1.165) is 5.56 Å². The Hall–Kier alpha value is -1.14. The molecule has 1 amide bonds. The van der Waals surface area contributed by atoms with Crippen LogP contribution in [-0.2, 0) is 11.2 Å². The number of alkyl carbamates (subject to hydrolysis) is 1. The summed E-state index contributed by atoms with van der Waals surface area (Å²) in [6.45, 7) is 5.65. The Balaban J connectivity index is 2.63. The van der Waals surface area contributed by atoms with Crippen molar-refractivity contribution in [3.05, 3.63) is 34.1 Å². The van der Waals surface area contributed by atoms with Gasteiger partial charge >= 0.3 is 6.09 Å². The minimum atomic E-state index is -0.553. The highest BCUT2D eigenvalue weighted by Crippen LogP contribution is 2.18. The predicted octanol–water partition coefficient (Wildman–Crippen LogP) is 2.98. The molecule has 0 aliphatic heterocycles. The van der Waals surface area contributed by atoms with Crippen LogP contribution in [0.5, 0.6) is 0 Å². The zero-order valence-corrected chi connectivity index (χ0v) is 13.5. The number of nitrogens with one attached hydrogen (secondary N) is 1. The van der Waals surface area contributed by atoms with Crippen LogP contribution in [0.1, 0.15) is 26.3 Å². The Labute approximate surface area is 127 Å². The third-order valence-corrected chi connectivity index (χ3v) is 3.08. The van der Waals surface area contributed by atoms with E-state index >= 15 is 0 Å². The van der Waals surface area contributed by atoms with Gasteiger partial charge in [0.1, 0.15) is 11.4 Å². The third-order valence-electron chi connectivity index (χ3n) is 2.47. The van der Waals surface area contributed by atoms with E-state index in [1.54, 1.807) is 32.9 Å². The van der Waals surface area contributed by atoms with E-state index in [1.165, 1.54) is 6.07 Å². The Morgan fingerprint density at radius 3 is 2.65 bits per heavy atom. The first kappa shape index (κ1) is 16.9. The van der Waals surface area contributed by atoms with E-state index in [9.17, 15) is 9.18 Å². The summed E-state index contributed by atoms with van der Waals surface area (Å²) < 4.78 is 18.7. The fourth-order valence-corrected chi connectivity index (χ4v) is 2.04. The van der Waals surface area contributed by atoms with E-state index < -0.39 is 11.7 Å². The molecule has 6 heteroatoms. The molecule has 0 saturated heterocycles. The van der Waals surface area contributed by atoms with Crippen molar-refractivity contribution in [2.75, 3.05) is 6.54 Å². The van der Waals surface area contributed by atoms with Crippen LogP contribution in [0.4, 0.5) is 9.18 Å². The van der Waals surface area contributed by atoms with Crippen LogP contribution >= 0.6 is 15.9 Å². The summed E-state index contributed by atoms with van der Waals surface area (Å²) in [4.78, 5) is 11.7. The monoisotopic (exact) mass is 346 g/mol.